The Hall–Kier alpha value is -1.30. The van der Waals surface area contributed by atoms with Crippen LogP contribution in [0.2, 0.25) is 0 Å². The Morgan fingerprint density at radius 2 is 2.16 bits per heavy atom. The minimum atomic E-state index is -0.257. The molecule has 0 saturated carbocycles. The number of nitrogens with one attached hydrogen (secondary N) is 1. The summed E-state index contributed by atoms with van der Waals surface area (Å²) in [6, 6.07) is 10.4. The van der Waals surface area contributed by atoms with Crippen molar-refractivity contribution in [1.29, 1.82) is 0 Å². The Labute approximate surface area is 120 Å². The molecule has 2 rings (SSSR count). The van der Waals surface area contributed by atoms with E-state index in [2.05, 4.69) is 26.3 Å². The summed E-state index contributed by atoms with van der Waals surface area (Å²) in [6.45, 7) is 0. The molecule has 0 aliphatic rings. The molecule has 0 spiro atoms. The van der Waals surface area contributed by atoms with E-state index in [0.717, 1.165) is 16.6 Å². The average Bonchev–Trinajstić information content (AvgIpc) is 2.44. The van der Waals surface area contributed by atoms with Crippen LogP contribution in [-0.2, 0) is 6.42 Å². The van der Waals surface area contributed by atoms with Gasteiger partial charge in [-0.2, -0.15) is 0 Å². The number of nitrogens with two attached hydrogens (primary N) is 1. The maximum Gasteiger partial charge on any atom is 0.128 e. The van der Waals surface area contributed by atoms with Crippen molar-refractivity contribution in [2.75, 3.05) is 0 Å². The maximum atomic E-state index is 13.8. The largest absolute Gasteiger partial charge is 0.271 e. The lowest BCUT2D eigenvalue weighted by Gasteiger charge is -2.17. The highest BCUT2D eigenvalue weighted by Crippen LogP contribution is 2.24. The van der Waals surface area contributed by atoms with Crippen LogP contribution in [0.4, 0.5) is 4.39 Å². The first-order valence-electron chi connectivity index (χ1n) is 6.01. The second kappa shape index (κ2) is 6.75. The van der Waals surface area contributed by atoms with Gasteiger partial charge in [-0.3, -0.25) is 16.3 Å². The first-order chi connectivity index (χ1) is 9.20. The molecular weight excluding hydrogens is 309 g/mol. The summed E-state index contributed by atoms with van der Waals surface area (Å²) in [5.41, 5.74) is 4.20. The first-order valence-corrected chi connectivity index (χ1v) is 6.81. The van der Waals surface area contributed by atoms with Crippen molar-refractivity contribution in [3.05, 3.63) is 64.1 Å². The molecule has 1 aromatic heterocycles. The van der Waals surface area contributed by atoms with Crippen molar-refractivity contribution in [3.63, 3.8) is 0 Å². The van der Waals surface area contributed by atoms with Crippen LogP contribution in [0.1, 0.15) is 23.7 Å². The van der Waals surface area contributed by atoms with Crippen LogP contribution in [0.25, 0.3) is 0 Å². The van der Waals surface area contributed by atoms with E-state index in [9.17, 15) is 4.39 Å². The Balaban J connectivity index is 2.10. The Morgan fingerprint density at radius 3 is 2.84 bits per heavy atom. The van der Waals surface area contributed by atoms with Crippen LogP contribution in [0.15, 0.2) is 47.1 Å². The summed E-state index contributed by atoms with van der Waals surface area (Å²) >= 11 is 3.34. The maximum absolute atomic E-state index is 13.8. The molecule has 0 radical (unpaired) electrons. The van der Waals surface area contributed by atoms with Gasteiger partial charge in [-0.05, 0) is 43.2 Å². The number of halogens is 2. The molecule has 1 unspecified atom stereocenters. The number of pyridine rings is 1. The summed E-state index contributed by atoms with van der Waals surface area (Å²) in [5, 5.41) is 0. The molecule has 0 amide bonds. The monoisotopic (exact) mass is 323 g/mol. The molecule has 0 bridgehead atoms. The van der Waals surface area contributed by atoms with Crippen molar-refractivity contribution in [2.24, 2.45) is 5.84 Å². The molecule has 3 N–H and O–H groups in total. The average molecular weight is 324 g/mol. The Bertz CT molecular complexity index is 533. The summed E-state index contributed by atoms with van der Waals surface area (Å²) < 4.78 is 14.6. The molecule has 19 heavy (non-hydrogen) atoms. The van der Waals surface area contributed by atoms with Crippen molar-refractivity contribution < 1.29 is 4.39 Å². The van der Waals surface area contributed by atoms with E-state index in [4.69, 9.17) is 5.84 Å². The van der Waals surface area contributed by atoms with Gasteiger partial charge in [0.15, 0.2) is 0 Å². The van der Waals surface area contributed by atoms with Gasteiger partial charge in [-0.1, -0.05) is 22.0 Å². The topological polar surface area (TPSA) is 50.9 Å². The standard InChI is InChI=1S/C14H15BrFN3/c15-10-4-6-13(16)12(9-10)14(19-17)7-5-11-3-1-2-8-18-11/h1-4,6,8-9,14,19H,5,7,17H2. The third-order valence-corrected chi connectivity index (χ3v) is 3.44. The van der Waals surface area contributed by atoms with E-state index in [1.165, 1.54) is 6.07 Å². The van der Waals surface area contributed by atoms with Gasteiger partial charge in [0.05, 0.1) is 0 Å². The normalized spacial score (nSPS) is 12.4. The fourth-order valence-electron chi connectivity index (χ4n) is 1.95. The molecule has 0 aliphatic carbocycles. The van der Waals surface area contributed by atoms with Crippen molar-refractivity contribution >= 4 is 15.9 Å². The third kappa shape index (κ3) is 3.83. The highest BCUT2D eigenvalue weighted by Gasteiger charge is 2.15. The highest BCUT2D eigenvalue weighted by atomic mass is 79.9. The van der Waals surface area contributed by atoms with Crippen molar-refractivity contribution in [1.82, 2.24) is 10.4 Å². The SMILES string of the molecule is NNC(CCc1ccccn1)c1cc(Br)ccc1F. The Morgan fingerprint density at radius 1 is 1.32 bits per heavy atom. The molecule has 1 heterocycles. The molecule has 0 aliphatic heterocycles. The third-order valence-electron chi connectivity index (χ3n) is 2.95. The molecule has 1 aromatic carbocycles. The lowest BCUT2D eigenvalue weighted by atomic mass is 10.0. The summed E-state index contributed by atoms with van der Waals surface area (Å²) in [6.07, 6.45) is 3.17. The molecular formula is C14H15BrFN3. The molecule has 2 aromatic rings. The number of hydrogen-bond donors (Lipinski definition) is 2. The number of aryl methyl sites for hydroxylation is 1. The van der Waals surface area contributed by atoms with Gasteiger partial charge in [0.2, 0.25) is 0 Å². The molecule has 0 fully saturated rings. The van der Waals surface area contributed by atoms with Gasteiger partial charge in [0, 0.05) is 28.0 Å². The van der Waals surface area contributed by atoms with Crippen LogP contribution >= 0.6 is 15.9 Å². The van der Waals surface area contributed by atoms with Crippen LogP contribution in [-0.4, -0.2) is 4.98 Å². The van der Waals surface area contributed by atoms with Gasteiger partial charge < -0.3 is 0 Å². The van der Waals surface area contributed by atoms with E-state index in [1.54, 1.807) is 18.3 Å². The van der Waals surface area contributed by atoms with Crippen molar-refractivity contribution in [3.8, 4) is 0 Å². The molecule has 0 saturated heterocycles. The van der Waals surface area contributed by atoms with E-state index in [1.807, 2.05) is 18.2 Å². The summed E-state index contributed by atoms with van der Waals surface area (Å²) in [7, 11) is 0. The van der Waals surface area contributed by atoms with Gasteiger partial charge in [0.1, 0.15) is 5.82 Å². The molecule has 5 heteroatoms. The van der Waals surface area contributed by atoms with Gasteiger partial charge in [-0.25, -0.2) is 4.39 Å². The first kappa shape index (κ1) is 14.1. The minimum Gasteiger partial charge on any atom is -0.271 e. The summed E-state index contributed by atoms with van der Waals surface area (Å²) in [4.78, 5) is 4.25. The zero-order chi connectivity index (χ0) is 13.7. The van der Waals surface area contributed by atoms with E-state index >= 15 is 0 Å². The number of hydrazine groups is 1. The molecule has 1 atom stereocenters. The smallest absolute Gasteiger partial charge is 0.128 e. The molecule has 100 valence electrons. The number of hydrogen-bond acceptors (Lipinski definition) is 3. The fourth-order valence-corrected chi connectivity index (χ4v) is 2.33. The summed E-state index contributed by atoms with van der Waals surface area (Å²) in [5.74, 6) is 5.28. The number of rotatable bonds is 5. The zero-order valence-corrected chi connectivity index (χ0v) is 11.9. The van der Waals surface area contributed by atoms with Crippen LogP contribution in [0.3, 0.4) is 0 Å². The lowest BCUT2D eigenvalue weighted by Crippen LogP contribution is -2.29. The van der Waals surface area contributed by atoms with E-state index in [-0.39, 0.29) is 11.9 Å². The minimum absolute atomic E-state index is 0.237. The van der Waals surface area contributed by atoms with Gasteiger partial charge in [0.25, 0.3) is 0 Å². The van der Waals surface area contributed by atoms with Gasteiger partial charge in [-0.15, -0.1) is 0 Å². The second-order valence-electron chi connectivity index (χ2n) is 4.24. The zero-order valence-electron chi connectivity index (χ0n) is 10.3. The van der Waals surface area contributed by atoms with Crippen LogP contribution in [0.5, 0.6) is 0 Å². The quantitative estimate of drug-likeness (QED) is 0.656. The predicted molar refractivity (Wildman–Crippen MR) is 76.7 cm³/mol. The number of nitrogens with zero attached hydrogens (tertiary/aromatic N) is 1. The fraction of sp³-hybridized carbons (Fsp3) is 0.214. The Kier molecular flexibility index (Phi) is 5.01. The van der Waals surface area contributed by atoms with Crippen LogP contribution < -0.4 is 11.3 Å². The lowest BCUT2D eigenvalue weighted by molar-refractivity contribution is 0.483. The van der Waals surface area contributed by atoms with E-state index < -0.39 is 0 Å². The second-order valence-corrected chi connectivity index (χ2v) is 5.16. The number of aromatic nitrogens is 1. The number of benzene rings is 1. The van der Waals surface area contributed by atoms with E-state index in [0.29, 0.717) is 12.0 Å². The highest BCUT2D eigenvalue weighted by molar-refractivity contribution is 9.10. The predicted octanol–water partition coefficient (Wildman–Crippen LogP) is 3.12. The van der Waals surface area contributed by atoms with Crippen LogP contribution in [0, 0.1) is 5.82 Å². The van der Waals surface area contributed by atoms with Gasteiger partial charge >= 0.3 is 0 Å². The van der Waals surface area contributed by atoms with Crippen molar-refractivity contribution in [2.45, 2.75) is 18.9 Å². The molecule has 3 nitrogen and oxygen atoms in total.